The molecule has 0 spiro atoms. The molecule has 2 rings (SSSR count). The highest BCUT2D eigenvalue weighted by atomic mass is 16.2. The van der Waals surface area contributed by atoms with E-state index >= 15 is 0 Å². The Labute approximate surface area is 107 Å². The van der Waals surface area contributed by atoms with Crippen molar-refractivity contribution in [3.63, 3.8) is 0 Å². The molecule has 0 amide bonds. The molecule has 18 heavy (non-hydrogen) atoms. The molecule has 0 saturated carbocycles. The lowest BCUT2D eigenvalue weighted by atomic mass is 10.1. The number of hydrogen-bond acceptors (Lipinski definition) is 4. The van der Waals surface area contributed by atoms with Crippen LogP contribution in [0.5, 0.6) is 0 Å². The predicted molar refractivity (Wildman–Crippen MR) is 73.7 cm³/mol. The van der Waals surface area contributed by atoms with Crippen molar-refractivity contribution in [1.29, 1.82) is 0 Å². The molecule has 2 aromatic rings. The first-order chi connectivity index (χ1) is 8.72. The van der Waals surface area contributed by atoms with Crippen molar-refractivity contribution >= 4 is 16.6 Å². The maximum atomic E-state index is 8.83. The van der Waals surface area contributed by atoms with Gasteiger partial charge in [-0.05, 0) is 26.7 Å². The zero-order valence-corrected chi connectivity index (χ0v) is 10.8. The fourth-order valence-electron chi connectivity index (χ4n) is 2.05. The van der Waals surface area contributed by atoms with Crippen LogP contribution in [-0.2, 0) is 0 Å². The number of anilines is 1. The van der Waals surface area contributed by atoms with Crippen molar-refractivity contribution in [3.05, 3.63) is 30.0 Å². The standard InChI is InChI=1S/C14H19N3O/c1-10(6-5-9-18)15-14-13-8-4-3-7-12(13)11(2)16-17-14/h3-4,7-8,10,18H,5-6,9H2,1-2H3,(H,15,17). The number of aliphatic hydroxyl groups excluding tert-OH is 1. The van der Waals surface area contributed by atoms with E-state index in [4.69, 9.17) is 5.11 Å². The van der Waals surface area contributed by atoms with Gasteiger partial charge in [-0.3, -0.25) is 0 Å². The van der Waals surface area contributed by atoms with Gasteiger partial charge in [0.2, 0.25) is 0 Å². The lowest BCUT2D eigenvalue weighted by molar-refractivity contribution is 0.282. The molecular weight excluding hydrogens is 226 g/mol. The fourth-order valence-corrected chi connectivity index (χ4v) is 2.05. The summed E-state index contributed by atoms with van der Waals surface area (Å²) in [5, 5.41) is 22.8. The van der Waals surface area contributed by atoms with Crippen molar-refractivity contribution in [2.24, 2.45) is 0 Å². The third-order valence-corrected chi connectivity index (χ3v) is 3.05. The summed E-state index contributed by atoms with van der Waals surface area (Å²) in [7, 11) is 0. The van der Waals surface area contributed by atoms with Gasteiger partial charge in [-0.1, -0.05) is 24.3 Å². The molecule has 1 heterocycles. The molecular formula is C14H19N3O. The fraction of sp³-hybridized carbons (Fsp3) is 0.429. The highest BCUT2D eigenvalue weighted by molar-refractivity contribution is 5.92. The lowest BCUT2D eigenvalue weighted by Crippen LogP contribution is -2.17. The van der Waals surface area contributed by atoms with Crippen LogP contribution in [0.2, 0.25) is 0 Å². The van der Waals surface area contributed by atoms with Gasteiger partial charge in [0.1, 0.15) is 0 Å². The summed E-state index contributed by atoms with van der Waals surface area (Å²) in [5.41, 5.74) is 0.944. The topological polar surface area (TPSA) is 58.0 Å². The Hall–Kier alpha value is -1.68. The van der Waals surface area contributed by atoms with Gasteiger partial charge in [0.15, 0.2) is 5.82 Å². The summed E-state index contributed by atoms with van der Waals surface area (Å²) in [4.78, 5) is 0. The molecule has 96 valence electrons. The van der Waals surface area contributed by atoms with E-state index in [1.54, 1.807) is 0 Å². The number of nitrogens with zero attached hydrogens (tertiary/aromatic N) is 2. The summed E-state index contributed by atoms with van der Waals surface area (Å²) in [6.07, 6.45) is 1.71. The highest BCUT2D eigenvalue weighted by Gasteiger charge is 2.08. The van der Waals surface area contributed by atoms with Crippen molar-refractivity contribution in [1.82, 2.24) is 10.2 Å². The van der Waals surface area contributed by atoms with E-state index in [0.29, 0.717) is 0 Å². The molecule has 1 aromatic carbocycles. The van der Waals surface area contributed by atoms with Gasteiger partial charge in [-0.15, -0.1) is 5.10 Å². The van der Waals surface area contributed by atoms with Gasteiger partial charge in [-0.25, -0.2) is 0 Å². The number of nitrogens with one attached hydrogen (secondary N) is 1. The molecule has 0 aliphatic carbocycles. The quantitative estimate of drug-likeness (QED) is 0.849. The Morgan fingerprint density at radius 1 is 1.22 bits per heavy atom. The highest BCUT2D eigenvalue weighted by Crippen LogP contribution is 2.23. The second-order valence-electron chi connectivity index (χ2n) is 4.59. The van der Waals surface area contributed by atoms with Crippen molar-refractivity contribution in [3.8, 4) is 0 Å². The van der Waals surface area contributed by atoms with Gasteiger partial charge in [-0.2, -0.15) is 5.10 Å². The third kappa shape index (κ3) is 2.76. The Morgan fingerprint density at radius 2 is 1.94 bits per heavy atom. The smallest absolute Gasteiger partial charge is 0.156 e. The molecule has 0 radical (unpaired) electrons. The number of aromatic nitrogens is 2. The first-order valence-electron chi connectivity index (χ1n) is 6.32. The largest absolute Gasteiger partial charge is 0.396 e. The first kappa shape index (κ1) is 12.8. The predicted octanol–water partition coefficient (Wildman–Crippen LogP) is 2.51. The van der Waals surface area contributed by atoms with Crippen LogP contribution in [0.15, 0.2) is 24.3 Å². The monoisotopic (exact) mass is 245 g/mol. The number of aryl methyl sites for hydroxylation is 1. The summed E-state index contributed by atoms with van der Waals surface area (Å²) < 4.78 is 0. The molecule has 4 nitrogen and oxygen atoms in total. The SMILES string of the molecule is Cc1nnc(NC(C)CCCO)c2ccccc12. The van der Waals surface area contributed by atoms with E-state index in [9.17, 15) is 0 Å². The van der Waals surface area contributed by atoms with Gasteiger partial charge in [0.05, 0.1) is 5.69 Å². The van der Waals surface area contributed by atoms with Crippen molar-refractivity contribution < 1.29 is 5.11 Å². The average Bonchev–Trinajstić information content (AvgIpc) is 2.40. The Kier molecular flexibility index (Phi) is 4.10. The molecule has 0 bridgehead atoms. The molecule has 0 aliphatic heterocycles. The minimum Gasteiger partial charge on any atom is -0.396 e. The number of benzene rings is 1. The van der Waals surface area contributed by atoms with E-state index in [2.05, 4.69) is 34.6 Å². The summed E-state index contributed by atoms with van der Waals surface area (Å²) >= 11 is 0. The van der Waals surface area contributed by atoms with Crippen LogP contribution < -0.4 is 5.32 Å². The molecule has 1 unspecified atom stereocenters. The minimum absolute atomic E-state index is 0.229. The zero-order valence-electron chi connectivity index (χ0n) is 10.8. The number of fused-ring (bicyclic) bond motifs is 1. The van der Waals surface area contributed by atoms with Crippen LogP contribution in [-0.4, -0.2) is 28.0 Å². The molecule has 1 atom stereocenters. The zero-order chi connectivity index (χ0) is 13.0. The number of aliphatic hydroxyl groups is 1. The number of rotatable bonds is 5. The maximum absolute atomic E-state index is 8.83. The van der Waals surface area contributed by atoms with Gasteiger partial charge < -0.3 is 10.4 Å². The molecule has 4 heteroatoms. The number of hydrogen-bond donors (Lipinski definition) is 2. The minimum atomic E-state index is 0.229. The van der Waals surface area contributed by atoms with Crippen LogP contribution in [0.3, 0.4) is 0 Å². The molecule has 0 aliphatic rings. The van der Waals surface area contributed by atoms with Crippen LogP contribution in [0, 0.1) is 6.92 Å². The summed E-state index contributed by atoms with van der Waals surface area (Å²) in [5.74, 6) is 0.821. The maximum Gasteiger partial charge on any atom is 0.156 e. The van der Waals surface area contributed by atoms with E-state index in [1.165, 1.54) is 0 Å². The van der Waals surface area contributed by atoms with E-state index in [-0.39, 0.29) is 12.6 Å². The van der Waals surface area contributed by atoms with Crippen molar-refractivity contribution in [2.45, 2.75) is 32.7 Å². The average molecular weight is 245 g/mol. The molecule has 0 saturated heterocycles. The Morgan fingerprint density at radius 3 is 2.67 bits per heavy atom. The molecule has 0 fully saturated rings. The second kappa shape index (κ2) is 5.78. The van der Waals surface area contributed by atoms with Gasteiger partial charge >= 0.3 is 0 Å². The molecule has 1 aromatic heterocycles. The van der Waals surface area contributed by atoms with Crippen molar-refractivity contribution in [2.75, 3.05) is 11.9 Å². The molecule has 2 N–H and O–H groups in total. The van der Waals surface area contributed by atoms with E-state index in [0.717, 1.165) is 35.1 Å². The lowest BCUT2D eigenvalue weighted by Gasteiger charge is -2.15. The van der Waals surface area contributed by atoms with Gasteiger partial charge in [0, 0.05) is 23.4 Å². The van der Waals surface area contributed by atoms with Gasteiger partial charge in [0.25, 0.3) is 0 Å². The normalized spacial score (nSPS) is 12.6. The Bertz CT molecular complexity index is 527. The second-order valence-corrected chi connectivity index (χ2v) is 4.59. The van der Waals surface area contributed by atoms with Crippen LogP contribution >= 0.6 is 0 Å². The van der Waals surface area contributed by atoms with E-state index in [1.807, 2.05) is 19.1 Å². The van der Waals surface area contributed by atoms with Crippen LogP contribution in [0.1, 0.15) is 25.5 Å². The summed E-state index contributed by atoms with van der Waals surface area (Å²) in [6, 6.07) is 8.40. The third-order valence-electron chi connectivity index (χ3n) is 3.05. The van der Waals surface area contributed by atoms with Crippen LogP contribution in [0.25, 0.3) is 10.8 Å². The summed E-state index contributed by atoms with van der Waals surface area (Å²) in [6.45, 7) is 4.28. The van der Waals surface area contributed by atoms with Crippen LogP contribution in [0.4, 0.5) is 5.82 Å². The Balaban J connectivity index is 2.26. The first-order valence-corrected chi connectivity index (χ1v) is 6.32. The van der Waals surface area contributed by atoms with E-state index < -0.39 is 0 Å².